The number of anilines is 1. The van der Waals surface area contributed by atoms with Crippen LogP contribution in [-0.4, -0.2) is 29.1 Å². The van der Waals surface area contributed by atoms with Crippen LogP contribution in [0.3, 0.4) is 0 Å². The molecule has 0 saturated carbocycles. The molecule has 1 N–H and O–H groups in total. The Balaban J connectivity index is 1.83. The molecule has 0 bridgehead atoms. The van der Waals surface area contributed by atoms with Gasteiger partial charge in [-0.25, -0.2) is 9.78 Å². The Kier molecular flexibility index (Phi) is 7.01. The van der Waals surface area contributed by atoms with Crippen molar-refractivity contribution in [2.45, 2.75) is 52.6 Å². The van der Waals surface area contributed by atoms with Crippen molar-refractivity contribution in [2.75, 3.05) is 12.4 Å². The summed E-state index contributed by atoms with van der Waals surface area (Å²) in [5, 5.41) is 6.01. The number of carbonyl (C=O) groups is 1. The SMILES string of the molecule is COc1ccc(C(C)(C)C)cc1NC(=O)N(Cc1cccc(-c2nccs2)c1)C(C)C. The number of benzene rings is 2. The highest BCUT2D eigenvalue weighted by Gasteiger charge is 2.21. The summed E-state index contributed by atoms with van der Waals surface area (Å²) in [7, 11) is 1.62. The van der Waals surface area contributed by atoms with E-state index < -0.39 is 0 Å². The van der Waals surface area contributed by atoms with Crippen LogP contribution < -0.4 is 10.1 Å². The molecule has 2 aromatic carbocycles. The largest absolute Gasteiger partial charge is 0.495 e. The fraction of sp³-hybridized carbons (Fsp3) is 0.360. The van der Waals surface area contributed by atoms with Crippen LogP contribution >= 0.6 is 11.3 Å². The van der Waals surface area contributed by atoms with Crippen molar-refractivity contribution < 1.29 is 9.53 Å². The van der Waals surface area contributed by atoms with Crippen molar-refractivity contribution in [1.82, 2.24) is 9.88 Å². The number of nitrogens with zero attached hydrogens (tertiary/aromatic N) is 2. The fourth-order valence-electron chi connectivity index (χ4n) is 3.31. The van der Waals surface area contributed by atoms with Gasteiger partial charge in [0.25, 0.3) is 0 Å². The van der Waals surface area contributed by atoms with E-state index in [2.05, 4.69) is 37.1 Å². The quantitative estimate of drug-likeness (QED) is 0.475. The van der Waals surface area contributed by atoms with Crippen molar-refractivity contribution >= 4 is 23.1 Å². The second-order valence-electron chi connectivity index (χ2n) is 8.85. The smallest absolute Gasteiger partial charge is 0.322 e. The number of thiazole rings is 1. The van der Waals surface area contributed by atoms with Gasteiger partial charge in [-0.15, -0.1) is 11.3 Å². The summed E-state index contributed by atoms with van der Waals surface area (Å²) in [5.74, 6) is 0.649. The van der Waals surface area contributed by atoms with E-state index in [0.717, 1.165) is 21.7 Å². The monoisotopic (exact) mass is 437 g/mol. The van der Waals surface area contributed by atoms with E-state index in [1.807, 2.05) is 60.5 Å². The van der Waals surface area contributed by atoms with Gasteiger partial charge in [-0.2, -0.15) is 0 Å². The number of nitrogens with one attached hydrogen (secondary N) is 1. The van der Waals surface area contributed by atoms with Crippen LogP contribution in [0.2, 0.25) is 0 Å². The van der Waals surface area contributed by atoms with Crippen LogP contribution in [0.25, 0.3) is 10.6 Å². The third-order valence-corrected chi connectivity index (χ3v) is 5.97. The van der Waals surface area contributed by atoms with Crippen molar-refractivity contribution in [1.29, 1.82) is 0 Å². The molecule has 0 fully saturated rings. The third kappa shape index (κ3) is 5.64. The lowest BCUT2D eigenvalue weighted by atomic mass is 9.87. The average molecular weight is 438 g/mol. The molecule has 1 aromatic heterocycles. The molecule has 0 spiro atoms. The molecule has 0 aliphatic heterocycles. The molecule has 5 nitrogen and oxygen atoms in total. The van der Waals surface area contributed by atoms with E-state index in [4.69, 9.17) is 4.74 Å². The van der Waals surface area contributed by atoms with Crippen LogP contribution in [0.4, 0.5) is 10.5 Å². The zero-order valence-electron chi connectivity index (χ0n) is 19.1. The number of rotatable bonds is 6. The number of urea groups is 1. The number of carbonyl (C=O) groups excluding carboxylic acids is 1. The summed E-state index contributed by atoms with van der Waals surface area (Å²) in [6.45, 7) is 11.0. The molecule has 6 heteroatoms. The molecule has 0 saturated heterocycles. The molecule has 0 atom stereocenters. The van der Waals surface area contributed by atoms with Gasteiger partial charge in [0.1, 0.15) is 10.8 Å². The normalized spacial score (nSPS) is 11.5. The summed E-state index contributed by atoms with van der Waals surface area (Å²) >= 11 is 1.61. The van der Waals surface area contributed by atoms with Gasteiger partial charge in [0.05, 0.1) is 12.8 Å². The second kappa shape index (κ2) is 9.52. The first-order valence-corrected chi connectivity index (χ1v) is 11.3. The van der Waals surface area contributed by atoms with E-state index in [0.29, 0.717) is 18.0 Å². The van der Waals surface area contributed by atoms with E-state index in [1.165, 1.54) is 0 Å². The summed E-state index contributed by atoms with van der Waals surface area (Å²) in [6, 6.07) is 14.0. The topological polar surface area (TPSA) is 54.5 Å². The summed E-state index contributed by atoms with van der Waals surface area (Å²) in [4.78, 5) is 19.5. The zero-order valence-corrected chi connectivity index (χ0v) is 19.9. The molecule has 0 aliphatic rings. The minimum atomic E-state index is -0.154. The summed E-state index contributed by atoms with van der Waals surface area (Å²) in [5.41, 5.74) is 3.92. The summed E-state index contributed by atoms with van der Waals surface area (Å²) < 4.78 is 5.49. The van der Waals surface area contributed by atoms with E-state index >= 15 is 0 Å². The van der Waals surface area contributed by atoms with Gasteiger partial charge >= 0.3 is 6.03 Å². The first-order chi connectivity index (χ1) is 14.7. The Hall–Kier alpha value is -2.86. The molecule has 2 amide bonds. The Labute approximate surface area is 189 Å². The fourth-order valence-corrected chi connectivity index (χ4v) is 3.95. The molecule has 0 radical (unpaired) electrons. The van der Waals surface area contributed by atoms with Gasteiger partial charge < -0.3 is 15.0 Å². The Morgan fingerprint density at radius 3 is 2.58 bits per heavy atom. The molecule has 164 valence electrons. The van der Waals surface area contributed by atoms with Crippen LogP contribution in [0.5, 0.6) is 5.75 Å². The molecule has 3 aromatic rings. The van der Waals surface area contributed by atoms with Crippen LogP contribution in [-0.2, 0) is 12.0 Å². The van der Waals surface area contributed by atoms with E-state index in [-0.39, 0.29) is 17.5 Å². The lowest BCUT2D eigenvalue weighted by Gasteiger charge is -2.28. The molecular formula is C25H31N3O2S. The lowest BCUT2D eigenvalue weighted by molar-refractivity contribution is 0.193. The third-order valence-electron chi connectivity index (χ3n) is 5.15. The number of hydrogen-bond donors (Lipinski definition) is 1. The van der Waals surface area contributed by atoms with E-state index in [1.54, 1.807) is 24.6 Å². The van der Waals surface area contributed by atoms with Crippen LogP contribution in [0.15, 0.2) is 54.0 Å². The standard InChI is InChI=1S/C25H31N3O2S/c1-17(2)28(16-18-8-7-9-19(14-18)23-26-12-13-31-23)24(29)27-21-15-20(25(3,4)5)10-11-22(21)30-6/h7-15,17H,16H2,1-6H3,(H,27,29). The Morgan fingerprint density at radius 1 is 1.19 bits per heavy atom. The lowest BCUT2D eigenvalue weighted by Crippen LogP contribution is -2.39. The number of amides is 2. The maximum absolute atomic E-state index is 13.3. The highest BCUT2D eigenvalue weighted by molar-refractivity contribution is 7.13. The van der Waals surface area contributed by atoms with Crippen LogP contribution in [0.1, 0.15) is 45.7 Å². The Morgan fingerprint density at radius 2 is 1.97 bits per heavy atom. The number of hydrogen-bond acceptors (Lipinski definition) is 4. The molecule has 1 heterocycles. The van der Waals surface area contributed by atoms with Crippen molar-refractivity contribution in [3.63, 3.8) is 0 Å². The number of aromatic nitrogens is 1. The van der Waals surface area contributed by atoms with E-state index in [9.17, 15) is 4.79 Å². The van der Waals surface area contributed by atoms with Crippen molar-refractivity contribution in [3.8, 4) is 16.3 Å². The Bertz CT molecular complexity index is 1020. The molecule has 0 unspecified atom stereocenters. The molecule has 0 aliphatic carbocycles. The van der Waals surface area contributed by atoms with Gasteiger partial charge in [0, 0.05) is 29.7 Å². The highest BCUT2D eigenvalue weighted by atomic mass is 32.1. The molecule has 3 rings (SSSR count). The zero-order chi connectivity index (χ0) is 22.6. The first-order valence-electron chi connectivity index (χ1n) is 10.4. The van der Waals surface area contributed by atoms with Gasteiger partial charge in [0.15, 0.2) is 0 Å². The highest BCUT2D eigenvalue weighted by Crippen LogP contribution is 2.32. The van der Waals surface area contributed by atoms with Crippen molar-refractivity contribution in [3.05, 3.63) is 65.2 Å². The molecular weight excluding hydrogens is 406 g/mol. The first kappa shape index (κ1) is 22.8. The van der Waals surface area contributed by atoms with Gasteiger partial charge in [-0.1, -0.05) is 45.0 Å². The maximum Gasteiger partial charge on any atom is 0.322 e. The van der Waals surface area contributed by atoms with Crippen LogP contribution in [0, 0.1) is 0 Å². The maximum atomic E-state index is 13.3. The molecule has 31 heavy (non-hydrogen) atoms. The summed E-state index contributed by atoms with van der Waals surface area (Å²) in [6.07, 6.45) is 1.81. The van der Waals surface area contributed by atoms with Gasteiger partial charge in [0.2, 0.25) is 0 Å². The minimum absolute atomic E-state index is 0.0280. The minimum Gasteiger partial charge on any atom is -0.495 e. The predicted octanol–water partition coefficient (Wildman–Crippen LogP) is 6.56. The predicted molar refractivity (Wildman–Crippen MR) is 129 cm³/mol. The number of ether oxygens (including phenoxy) is 1. The second-order valence-corrected chi connectivity index (χ2v) is 9.75. The van der Waals surface area contributed by atoms with Gasteiger partial charge in [-0.3, -0.25) is 0 Å². The average Bonchev–Trinajstić information content (AvgIpc) is 3.26. The van der Waals surface area contributed by atoms with Crippen molar-refractivity contribution in [2.24, 2.45) is 0 Å². The number of methoxy groups -OCH3 is 1. The van der Waals surface area contributed by atoms with Gasteiger partial charge in [-0.05, 0) is 48.6 Å².